The van der Waals surface area contributed by atoms with Crippen LogP contribution in [0.2, 0.25) is 0 Å². The molecular formula is C60H60Br2Cl2CuF7N10O6S2. The molecule has 0 aromatic heterocycles. The van der Waals surface area contributed by atoms with E-state index in [-0.39, 0.29) is 103 Å². The Morgan fingerprint density at radius 1 is 0.578 bits per heavy atom. The summed E-state index contributed by atoms with van der Waals surface area (Å²) >= 11 is 24.3. The predicted octanol–water partition coefficient (Wildman–Crippen LogP) is 18.9. The van der Waals surface area contributed by atoms with Crippen LogP contribution in [0.1, 0.15) is 76.8 Å². The fraction of sp³-hybridized carbons (Fsp3) is 0.217. The smallest absolute Gasteiger partial charge is 0.512 e. The van der Waals surface area contributed by atoms with Gasteiger partial charge in [0.05, 0.1) is 61.8 Å². The average Bonchev–Trinajstić information content (AvgIpc) is 1.17. The van der Waals surface area contributed by atoms with Gasteiger partial charge in [-0.15, -0.1) is 0 Å². The van der Waals surface area contributed by atoms with Gasteiger partial charge in [-0.1, -0.05) is 80.8 Å². The molecule has 90 heavy (non-hydrogen) atoms. The molecule has 0 aliphatic heterocycles. The zero-order valence-corrected chi connectivity index (χ0v) is 56.1. The number of carbonyl (C=O) groups is 5. The molecule has 16 nitrogen and oxygen atoms in total. The van der Waals surface area contributed by atoms with E-state index in [1.54, 1.807) is 45.0 Å². The van der Waals surface area contributed by atoms with E-state index in [9.17, 15) is 54.7 Å². The maximum Gasteiger partial charge on any atom is 1.00 e. The van der Waals surface area contributed by atoms with E-state index in [1.165, 1.54) is 71.0 Å². The van der Waals surface area contributed by atoms with E-state index in [0.29, 0.717) is 26.9 Å². The number of nitrogen functional groups attached to an aromatic ring is 2. The van der Waals surface area contributed by atoms with Crippen molar-refractivity contribution in [3.63, 3.8) is 0 Å². The SMILES string of the molecule is C.CC(=O)Nc1cc(C)c(Br)cc1F.CC(=O)OC(C)=O.Cc1cc(N)c(F)cc1Br.Cc1ccc(F)c(N)c1.S=C(Cl)Cl.[2H]CF.[C-]#N.[C-]#[N+]c1cc(F)c(N=C=S)cc1C.[C-]#[N+]c1cc(F)c(NC(C)=O)cc1C.[C-]#[N+]c1cc(F)c(NC(C)=O)cc1C.[Cu+]. The number of esters is 2. The molecule has 6 aromatic rings. The molecule has 0 radical (unpaired) electrons. The van der Waals surface area contributed by atoms with Crippen LogP contribution in [-0.4, -0.2) is 45.8 Å². The summed E-state index contributed by atoms with van der Waals surface area (Å²) in [7, 11) is -1.00. The summed E-state index contributed by atoms with van der Waals surface area (Å²) < 4.78 is 98.5. The number of aryl methyl sites for hydroxylation is 6. The van der Waals surface area contributed by atoms with Crippen molar-refractivity contribution in [2.45, 2.75) is 83.6 Å². The Bertz CT molecular complexity index is 3510. The summed E-state index contributed by atoms with van der Waals surface area (Å²) in [5.74, 6) is -4.95. The number of nitrogens with two attached hydrogens (primary N) is 2. The summed E-state index contributed by atoms with van der Waals surface area (Å²) in [6.07, 6.45) is 0. The number of benzene rings is 6. The third-order valence-corrected chi connectivity index (χ3v) is 11.1. The van der Waals surface area contributed by atoms with Gasteiger partial charge < -0.3 is 44.0 Å². The first kappa shape index (κ1) is 90.6. The van der Waals surface area contributed by atoms with Gasteiger partial charge in [-0.25, -0.2) is 40.9 Å². The molecule has 3 amide bonds. The number of hydrogen-bond acceptors (Lipinski definition) is 12. The van der Waals surface area contributed by atoms with Crippen LogP contribution >= 0.6 is 79.5 Å². The summed E-state index contributed by atoms with van der Waals surface area (Å²) in [6.45, 7) is 42.0. The van der Waals surface area contributed by atoms with Crippen LogP contribution in [0.15, 0.2) is 92.8 Å². The molecule has 0 bridgehead atoms. The molecular weight excluding hydrogens is 1450 g/mol. The van der Waals surface area contributed by atoms with E-state index >= 15 is 0 Å². The number of aliphatic imine (C=N–C) groups is 1. The zero-order chi connectivity index (χ0) is 70.0. The number of halogens is 11. The van der Waals surface area contributed by atoms with Crippen molar-refractivity contribution in [2.24, 2.45) is 4.99 Å². The summed E-state index contributed by atoms with van der Waals surface area (Å²) in [6, 6.07) is 18.3. The minimum atomic E-state index is -1.00. The number of thiocarbonyl (C=S) groups is 2. The number of nitrogens with zero attached hydrogens (tertiary/aromatic N) is 5. The monoisotopic (exact) mass is 1510 g/mol. The van der Waals surface area contributed by atoms with Crippen molar-refractivity contribution >= 4 is 169 Å². The number of ether oxygens (including phenoxy) is 1. The van der Waals surface area contributed by atoms with E-state index in [1.807, 2.05) is 20.8 Å². The van der Waals surface area contributed by atoms with Gasteiger partial charge in [-0.2, -0.15) is 4.99 Å². The number of isothiocyanates is 1. The molecule has 0 aliphatic carbocycles. The molecule has 30 heteroatoms. The van der Waals surface area contributed by atoms with Gasteiger partial charge in [0.15, 0.2) is 20.8 Å². The third-order valence-electron chi connectivity index (χ3n) is 9.26. The van der Waals surface area contributed by atoms with Crippen molar-refractivity contribution in [1.82, 2.24) is 0 Å². The normalized spacial score (nSPS) is 8.74. The third kappa shape index (κ3) is 41.2. The Hall–Kier alpha value is -8.11. The number of hydrogen-bond donors (Lipinski definition) is 5. The molecule has 0 atom stereocenters. The second kappa shape index (κ2) is 50.7. The van der Waals surface area contributed by atoms with Crippen molar-refractivity contribution in [3.8, 4) is 0 Å². The summed E-state index contributed by atoms with van der Waals surface area (Å²) in [5, 5.41) is 15.4. The van der Waals surface area contributed by atoms with Crippen LogP contribution in [0, 0.1) is 108 Å². The Morgan fingerprint density at radius 3 is 1.17 bits per heavy atom. The number of rotatable bonds is 4. The van der Waals surface area contributed by atoms with Gasteiger partial charge in [0.2, 0.25) is 17.7 Å². The van der Waals surface area contributed by atoms with Crippen LogP contribution in [-0.2, 0) is 45.8 Å². The first-order valence-corrected chi connectivity index (χ1v) is 26.8. The van der Waals surface area contributed by atoms with E-state index in [0.717, 1.165) is 39.4 Å². The largest absolute Gasteiger partial charge is 1.00 e. The van der Waals surface area contributed by atoms with Crippen LogP contribution < -0.4 is 27.4 Å². The van der Waals surface area contributed by atoms with Crippen LogP contribution in [0.25, 0.3) is 14.5 Å². The minimum absolute atomic E-state index is 0. The molecule has 0 heterocycles. The fourth-order valence-corrected chi connectivity index (χ4v) is 6.28. The number of nitrogens with one attached hydrogen (secondary N) is 3. The van der Waals surface area contributed by atoms with Gasteiger partial charge >= 0.3 is 29.0 Å². The Balaban J connectivity index is -0.000000227. The van der Waals surface area contributed by atoms with E-state index in [4.69, 9.17) is 67.6 Å². The topological polar surface area (TPSA) is 232 Å². The second-order valence-corrected chi connectivity index (χ2v) is 20.1. The molecule has 0 spiro atoms. The Morgan fingerprint density at radius 2 is 0.878 bits per heavy atom. The number of alkyl halides is 1. The number of anilines is 5. The standard InChI is InChI=1S/2C10H9FN2O.C9H9BrFNO.C9H5FN2S.C7H7BrFN.C7H8FN.C4H6O3.CCl2S.CH3F.CN.CH4.Cu/c2*1-6-4-10(13-7(2)14)8(11)5-9(6)12-3;1-5-3-9(12-6(2)13)8(11)4-7(5)10;1-6-3-9(12-5-13)7(10)4-8(6)11-2;1-4-2-7(10)6(9)3-5(4)8;1-5-2-3-6(8)7(9)4-5;1-3(5)7-4(2)6;2-1(3)4;2*1-2;;/h2*4-5H,1-2H3,(H,13,14);3-4H,1-2H3,(H,12,13);3-4H,1H3;2-3H,10H2,1H3;2-4H,9H2,1H3;1-2H3;;1H3;;1H4;/q;;;;;;;;;-1;;+1/i;;;;;;;;1D;;;. The number of carbonyl (C=O) groups excluding carboxylic acids is 5. The fourth-order valence-electron chi connectivity index (χ4n) is 5.55. The first-order chi connectivity index (χ1) is 41.3. The van der Waals surface area contributed by atoms with Gasteiger partial charge in [0, 0.05) is 43.6 Å². The van der Waals surface area contributed by atoms with Gasteiger partial charge in [-0.3, -0.25) is 28.4 Å². The van der Waals surface area contributed by atoms with Crippen molar-refractivity contribution in [3.05, 3.63) is 197 Å². The molecule has 0 fully saturated rings. The molecule has 6 aromatic carbocycles. The molecule has 0 aliphatic rings. The van der Waals surface area contributed by atoms with Crippen molar-refractivity contribution < 1.29 is 77.9 Å². The van der Waals surface area contributed by atoms with E-state index < -0.39 is 42.4 Å². The number of amides is 3. The quantitative estimate of drug-likeness (QED) is 0.0128. The minimum Gasteiger partial charge on any atom is -0.512 e. The Kier molecular flexibility index (Phi) is 51.1. The molecule has 7 N–H and O–H groups in total. The first-order valence-electron chi connectivity index (χ1n) is 24.3. The van der Waals surface area contributed by atoms with Crippen molar-refractivity contribution in [1.29, 1.82) is 5.26 Å². The van der Waals surface area contributed by atoms with Crippen LogP contribution in [0.5, 0.6) is 0 Å². The molecule has 486 valence electrons. The van der Waals surface area contributed by atoms with Gasteiger partial charge in [0.25, 0.3) is 0 Å². The summed E-state index contributed by atoms with van der Waals surface area (Å²) in [4.78, 5) is 64.7. The zero-order valence-electron chi connectivity index (χ0n) is 49.8. The average molecular weight is 1510 g/mol. The van der Waals surface area contributed by atoms with Gasteiger partial charge in [0.1, 0.15) is 40.6 Å². The second-order valence-electron chi connectivity index (χ2n) is 16.4. The maximum absolute atomic E-state index is 13.2. The van der Waals surface area contributed by atoms with Gasteiger partial charge in [-0.05, 0) is 160 Å². The predicted molar refractivity (Wildman–Crippen MR) is 353 cm³/mol. The Labute approximate surface area is 568 Å². The summed E-state index contributed by atoms with van der Waals surface area (Å²) in [5.41, 5.74) is 17.1. The maximum atomic E-state index is 13.2. The van der Waals surface area contributed by atoms with Crippen LogP contribution in [0.4, 0.5) is 81.9 Å². The molecule has 0 unspecified atom stereocenters. The molecule has 0 saturated carbocycles. The molecule has 6 rings (SSSR count). The van der Waals surface area contributed by atoms with E-state index in [2.05, 4.69) is 102 Å². The van der Waals surface area contributed by atoms with Crippen LogP contribution in [0.3, 0.4) is 0 Å². The molecule has 0 saturated heterocycles. The van der Waals surface area contributed by atoms with Crippen molar-refractivity contribution in [2.75, 3.05) is 34.6 Å².